The van der Waals surface area contributed by atoms with E-state index in [1.165, 1.54) is 13.3 Å². The molecule has 1 aromatic heterocycles. The lowest BCUT2D eigenvalue weighted by Gasteiger charge is -2.08. The summed E-state index contributed by atoms with van der Waals surface area (Å²) in [5, 5.41) is 1.24. The zero-order valence-corrected chi connectivity index (χ0v) is 11.2. The third-order valence-corrected chi connectivity index (χ3v) is 2.69. The number of esters is 1. The number of hydrogen-bond acceptors (Lipinski definition) is 4. The first-order valence-electron chi connectivity index (χ1n) is 4.82. The van der Waals surface area contributed by atoms with Gasteiger partial charge in [-0.3, -0.25) is 4.79 Å². The van der Waals surface area contributed by atoms with Crippen LogP contribution in [0.25, 0.3) is 0 Å². The normalized spacial score (nSPS) is 10.2. The smallest absolute Gasteiger partial charge is 0.302 e. The SMILES string of the molecule is CC(=O)OCCc1c(Cl)ncnc1CCBr. The van der Waals surface area contributed by atoms with Crippen molar-refractivity contribution in [2.45, 2.75) is 19.8 Å². The maximum atomic E-state index is 10.6. The van der Waals surface area contributed by atoms with Gasteiger partial charge >= 0.3 is 5.97 Å². The van der Waals surface area contributed by atoms with E-state index < -0.39 is 0 Å². The van der Waals surface area contributed by atoms with Crippen molar-refractivity contribution < 1.29 is 9.53 Å². The second-order valence-electron chi connectivity index (χ2n) is 3.12. The molecule has 0 fully saturated rings. The van der Waals surface area contributed by atoms with Crippen molar-refractivity contribution in [2.75, 3.05) is 11.9 Å². The summed E-state index contributed by atoms with van der Waals surface area (Å²) in [6.07, 6.45) is 2.76. The van der Waals surface area contributed by atoms with Crippen molar-refractivity contribution in [3.05, 3.63) is 22.7 Å². The predicted molar refractivity (Wildman–Crippen MR) is 64.9 cm³/mol. The number of alkyl halides is 1. The van der Waals surface area contributed by atoms with Crippen molar-refractivity contribution >= 4 is 33.5 Å². The minimum atomic E-state index is -0.296. The summed E-state index contributed by atoms with van der Waals surface area (Å²) in [6.45, 7) is 1.68. The third-order valence-electron chi connectivity index (χ3n) is 1.97. The number of carbonyl (C=O) groups is 1. The van der Waals surface area contributed by atoms with Gasteiger partial charge in [0, 0.05) is 29.9 Å². The van der Waals surface area contributed by atoms with Crippen LogP contribution in [0.1, 0.15) is 18.2 Å². The molecule has 6 heteroatoms. The molecule has 0 aliphatic carbocycles. The molecule has 0 radical (unpaired) electrons. The molecule has 0 N–H and O–H groups in total. The molecule has 0 spiro atoms. The number of aryl methyl sites for hydroxylation is 1. The lowest BCUT2D eigenvalue weighted by atomic mass is 10.1. The molecule has 0 atom stereocenters. The average Bonchev–Trinajstić information content (AvgIpc) is 2.22. The number of ether oxygens (including phenoxy) is 1. The Morgan fingerprint density at radius 1 is 1.50 bits per heavy atom. The Morgan fingerprint density at radius 2 is 2.25 bits per heavy atom. The Kier molecular flexibility index (Phi) is 5.69. The molecule has 0 aliphatic rings. The second-order valence-corrected chi connectivity index (χ2v) is 4.27. The molecule has 0 saturated heterocycles. The summed E-state index contributed by atoms with van der Waals surface area (Å²) in [7, 11) is 0. The van der Waals surface area contributed by atoms with Crippen molar-refractivity contribution in [1.29, 1.82) is 0 Å². The highest BCUT2D eigenvalue weighted by Gasteiger charge is 2.09. The number of carbonyl (C=O) groups excluding carboxylic acids is 1. The van der Waals surface area contributed by atoms with E-state index in [4.69, 9.17) is 16.3 Å². The lowest BCUT2D eigenvalue weighted by Crippen LogP contribution is -2.08. The number of nitrogens with zero attached hydrogens (tertiary/aromatic N) is 2. The van der Waals surface area contributed by atoms with Gasteiger partial charge in [-0.2, -0.15) is 0 Å². The molecule has 88 valence electrons. The van der Waals surface area contributed by atoms with Crippen molar-refractivity contribution in [3.8, 4) is 0 Å². The van der Waals surface area contributed by atoms with Crippen LogP contribution in [0.4, 0.5) is 0 Å². The van der Waals surface area contributed by atoms with Gasteiger partial charge in [-0.1, -0.05) is 27.5 Å². The second kappa shape index (κ2) is 6.81. The number of hydrogen-bond donors (Lipinski definition) is 0. The van der Waals surface area contributed by atoms with E-state index in [-0.39, 0.29) is 5.97 Å². The molecule has 0 aliphatic heterocycles. The lowest BCUT2D eigenvalue weighted by molar-refractivity contribution is -0.140. The van der Waals surface area contributed by atoms with Crippen molar-refractivity contribution in [1.82, 2.24) is 9.97 Å². The molecule has 0 saturated carbocycles. The summed E-state index contributed by atoms with van der Waals surface area (Å²) in [5.74, 6) is -0.296. The van der Waals surface area contributed by atoms with Gasteiger partial charge in [0.1, 0.15) is 11.5 Å². The Hall–Kier alpha value is -0.680. The Bertz CT molecular complexity index is 374. The topological polar surface area (TPSA) is 52.1 Å². The van der Waals surface area contributed by atoms with Gasteiger partial charge in [0.25, 0.3) is 0 Å². The maximum absolute atomic E-state index is 10.6. The van der Waals surface area contributed by atoms with E-state index in [2.05, 4.69) is 25.9 Å². The van der Waals surface area contributed by atoms with Crippen LogP contribution >= 0.6 is 27.5 Å². The molecule has 1 aromatic rings. The molecule has 16 heavy (non-hydrogen) atoms. The molecular weight excluding hydrogens is 295 g/mol. The molecule has 1 heterocycles. The van der Waals surface area contributed by atoms with Gasteiger partial charge in [0.2, 0.25) is 0 Å². The summed E-state index contributed by atoms with van der Waals surface area (Å²) >= 11 is 9.32. The first-order valence-corrected chi connectivity index (χ1v) is 6.32. The van der Waals surface area contributed by atoms with Crippen LogP contribution in [0.2, 0.25) is 5.15 Å². The van der Waals surface area contributed by atoms with Crippen molar-refractivity contribution in [3.63, 3.8) is 0 Å². The van der Waals surface area contributed by atoms with Crippen LogP contribution in [-0.4, -0.2) is 27.9 Å². The third kappa shape index (κ3) is 4.06. The van der Waals surface area contributed by atoms with Gasteiger partial charge in [0.15, 0.2) is 0 Å². The van der Waals surface area contributed by atoms with E-state index in [1.807, 2.05) is 0 Å². The van der Waals surface area contributed by atoms with E-state index in [9.17, 15) is 4.79 Å². The van der Waals surface area contributed by atoms with Gasteiger partial charge in [-0.25, -0.2) is 9.97 Å². The monoisotopic (exact) mass is 306 g/mol. The van der Waals surface area contributed by atoms with Crippen LogP contribution < -0.4 is 0 Å². The summed E-state index contributed by atoms with van der Waals surface area (Å²) in [4.78, 5) is 18.7. The van der Waals surface area contributed by atoms with Crippen LogP contribution in [0, 0.1) is 0 Å². The minimum Gasteiger partial charge on any atom is -0.466 e. The predicted octanol–water partition coefficient (Wildman–Crippen LogP) is 2.17. The first-order chi connectivity index (χ1) is 7.65. The fraction of sp³-hybridized carbons (Fsp3) is 0.500. The molecule has 0 aromatic carbocycles. The molecule has 1 rings (SSSR count). The summed E-state index contributed by atoms with van der Waals surface area (Å²) in [5.41, 5.74) is 1.74. The summed E-state index contributed by atoms with van der Waals surface area (Å²) in [6, 6.07) is 0. The highest BCUT2D eigenvalue weighted by atomic mass is 79.9. The molecule has 4 nitrogen and oxygen atoms in total. The minimum absolute atomic E-state index is 0.296. The van der Waals surface area contributed by atoms with Gasteiger partial charge in [0.05, 0.1) is 6.61 Å². The van der Waals surface area contributed by atoms with Crippen LogP contribution in [0.3, 0.4) is 0 Å². The van der Waals surface area contributed by atoms with Gasteiger partial charge < -0.3 is 4.74 Å². The molecular formula is C10H12BrClN2O2. The van der Waals surface area contributed by atoms with Crippen LogP contribution in [0.15, 0.2) is 6.33 Å². The molecule has 0 bridgehead atoms. The fourth-order valence-corrected chi connectivity index (χ4v) is 1.90. The Balaban J connectivity index is 2.71. The maximum Gasteiger partial charge on any atom is 0.302 e. The molecule has 0 unspecified atom stereocenters. The largest absolute Gasteiger partial charge is 0.466 e. The standard InChI is InChI=1S/C10H12BrClN2O2/c1-7(15)16-5-3-8-9(2-4-11)13-6-14-10(8)12/h6H,2-5H2,1H3. The number of aromatic nitrogens is 2. The van der Waals surface area contributed by atoms with Crippen molar-refractivity contribution in [2.24, 2.45) is 0 Å². The van der Waals surface area contributed by atoms with Gasteiger partial charge in [-0.15, -0.1) is 0 Å². The van der Waals surface area contributed by atoms with E-state index in [1.54, 1.807) is 0 Å². The number of rotatable bonds is 5. The van der Waals surface area contributed by atoms with E-state index in [0.29, 0.717) is 18.2 Å². The molecule has 0 amide bonds. The van der Waals surface area contributed by atoms with E-state index >= 15 is 0 Å². The van der Waals surface area contributed by atoms with E-state index in [0.717, 1.165) is 23.0 Å². The Morgan fingerprint density at radius 3 is 2.88 bits per heavy atom. The quantitative estimate of drug-likeness (QED) is 0.475. The fourth-order valence-electron chi connectivity index (χ4n) is 1.27. The Labute approximate surface area is 108 Å². The van der Waals surface area contributed by atoms with Crippen LogP contribution in [0.5, 0.6) is 0 Å². The highest BCUT2D eigenvalue weighted by molar-refractivity contribution is 9.09. The van der Waals surface area contributed by atoms with Gasteiger partial charge in [-0.05, 0) is 6.42 Å². The zero-order chi connectivity index (χ0) is 12.0. The average molecular weight is 308 g/mol. The van der Waals surface area contributed by atoms with Crippen LogP contribution in [-0.2, 0) is 22.4 Å². The summed E-state index contributed by atoms with van der Waals surface area (Å²) < 4.78 is 4.87. The first kappa shape index (κ1) is 13.4. The number of halogens is 2. The zero-order valence-electron chi connectivity index (χ0n) is 8.87. The highest BCUT2D eigenvalue weighted by Crippen LogP contribution is 2.17.